The minimum atomic E-state index is -0.680. The maximum Gasteiger partial charge on any atom is 0.336 e. The molecule has 25 heavy (non-hydrogen) atoms. The number of carbonyl (C=O) groups excluding carboxylic acids is 2. The van der Waals surface area contributed by atoms with Crippen LogP contribution in [0.3, 0.4) is 0 Å². The molecule has 0 heterocycles. The van der Waals surface area contributed by atoms with Crippen molar-refractivity contribution in [2.24, 2.45) is 0 Å². The van der Waals surface area contributed by atoms with Gasteiger partial charge in [-0.25, -0.2) is 4.79 Å². The van der Waals surface area contributed by atoms with Crippen LogP contribution >= 0.6 is 0 Å². The highest BCUT2D eigenvalue weighted by Gasteiger charge is 2.11. The second-order valence-corrected chi connectivity index (χ2v) is 5.03. The monoisotopic (exact) mass is 341 g/mol. The summed E-state index contributed by atoms with van der Waals surface area (Å²) < 4.78 is 10.3. The van der Waals surface area contributed by atoms with Crippen molar-refractivity contribution in [3.05, 3.63) is 69.8 Å². The molecular weight excluding hydrogens is 326 g/mol. The summed E-state index contributed by atoms with van der Waals surface area (Å²) in [7, 11) is 1.40. The smallest absolute Gasteiger partial charge is 0.336 e. The van der Waals surface area contributed by atoms with E-state index in [9.17, 15) is 19.7 Å². The molecule has 0 aliphatic heterocycles. The Labute approximate surface area is 143 Å². The highest BCUT2D eigenvalue weighted by molar-refractivity contribution is 5.95. The number of nitrogens with zero attached hydrogens (tertiary/aromatic N) is 1. The Balaban J connectivity index is 2.13. The van der Waals surface area contributed by atoms with Crippen LogP contribution in [0.1, 0.15) is 22.8 Å². The first kappa shape index (κ1) is 17.9. The van der Waals surface area contributed by atoms with E-state index in [1.807, 2.05) is 0 Å². The zero-order valence-corrected chi connectivity index (χ0v) is 13.6. The highest BCUT2D eigenvalue weighted by atomic mass is 16.6. The lowest BCUT2D eigenvalue weighted by molar-refractivity contribution is -0.384. The topological polar surface area (TPSA) is 95.7 Å². The van der Waals surface area contributed by atoms with Gasteiger partial charge in [0.15, 0.2) is 17.3 Å². The van der Waals surface area contributed by atoms with Crippen LogP contribution in [0.5, 0.6) is 11.5 Å². The maximum atomic E-state index is 11.9. The Hall–Kier alpha value is -3.48. The van der Waals surface area contributed by atoms with E-state index in [0.29, 0.717) is 11.1 Å². The lowest BCUT2D eigenvalue weighted by Gasteiger charge is -2.08. The predicted molar refractivity (Wildman–Crippen MR) is 90.8 cm³/mol. The number of ether oxygens (including phenoxy) is 2. The Morgan fingerprint density at radius 2 is 1.88 bits per heavy atom. The van der Waals surface area contributed by atoms with Crippen LogP contribution in [0.15, 0.2) is 48.5 Å². The number of non-ortho nitro benzene ring substituents is 1. The van der Waals surface area contributed by atoms with Gasteiger partial charge in [0.25, 0.3) is 5.69 Å². The van der Waals surface area contributed by atoms with E-state index in [4.69, 9.17) is 9.47 Å². The number of carbonyl (C=O) groups is 2. The Kier molecular flexibility index (Phi) is 5.62. The first-order valence-electron chi connectivity index (χ1n) is 7.24. The fraction of sp³-hybridized carbons (Fsp3) is 0.111. The summed E-state index contributed by atoms with van der Waals surface area (Å²) in [5.41, 5.74) is 0.853. The fourth-order valence-electron chi connectivity index (χ4n) is 2.02. The van der Waals surface area contributed by atoms with Crippen molar-refractivity contribution in [1.29, 1.82) is 0 Å². The average Bonchev–Trinajstić information content (AvgIpc) is 2.60. The Morgan fingerprint density at radius 3 is 2.52 bits per heavy atom. The van der Waals surface area contributed by atoms with Crippen molar-refractivity contribution in [2.45, 2.75) is 6.92 Å². The first-order chi connectivity index (χ1) is 11.9. The average molecular weight is 341 g/mol. The fourth-order valence-corrected chi connectivity index (χ4v) is 2.02. The molecule has 0 aliphatic rings. The molecule has 0 spiro atoms. The van der Waals surface area contributed by atoms with Gasteiger partial charge < -0.3 is 9.47 Å². The third-order valence-corrected chi connectivity index (χ3v) is 3.27. The second kappa shape index (κ2) is 7.87. The molecule has 128 valence electrons. The summed E-state index contributed by atoms with van der Waals surface area (Å²) in [6.07, 6.45) is 2.56. The molecule has 2 aromatic rings. The van der Waals surface area contributed by atoms with E-state index >= 15 is 0 Å². The number of hydrogen-bond acceptors (Lipinski definition) is 6. The minimum Gasteiger partial charge on any atom is -0.493 e. The molecule has 0 aromatic heterocycles. The summed E-state index contributed by atoms with van der Waals surface area (Å²) in [5.74, 6) is -0.395. The van der Waals surface area contributed by atoms with Crippen LogP contribution in [0.2, 0.25) is 0 Å². The Bertz CT molecular complexity index is 856. The third-order valence-electron chi connectivity index (χ3n) is 3.27. The van der Waals surface area contributed by atoms with Gasteiger partial charge in [0.2, 0.25) is 0 Å². The van der Waals surface area contributed by atoms with Crippen LogP contribution in [0.4, 0.5) is 5.69 Å². The molecule has 0 saturated heterocycles. The lowest BCUT2D eigenvalue weighted by atomic mass is 10.1. The highest BCUT2D eigenvalue weighted by Crippen LogP contribution is 2.28. The van der Waals surface area contributed by atoms with Crippen molar-refractivity contribution in [3.8, 4) is 11.5 Å². The number of methoxy groups -OCH3 is 1. The van der Waals surface area contributed by atoms with Crippen molar-refractivity contribution in [1.82, 2.24) is 0 Å². The van der Waals surface area contributed by atoms with Crippen molar-refractivity contribution in [3.63, 3.8) is 0 Å². The Morgan fingerprint density at radius 1 is 1.12 bits per heavy atom. The van der Waals surface area contributed by atoms with Gasteiger partial charge in [-0.3, -0.25) is 14.9 Å². The van der Waals surface area contributed by atoms with Gasteiger partial charge in [0.05, 0.1) is 12.0 Å². The van der Waals surface area contributed by atoms with E-state index in [0.717, 1.165) is 6.08 Å². The van der Waals surface area contributed by atoms with Gasteiger partial charge >= 0.3 is 5.97 Å². The summed E-state index contributed by atoms with van der Waals surface area (Å²) >= 11 is 0. The van der Waals surface area contributed by atoms with E-state index < -0.39 is 10.9 Å². The maximum absolute atomic E-state index is 11.9. The quantitative estimate of drug-likeness (QED) is 0.199. The van der Waals surface area contributed by atoms with Crippen molar-refractivity contribution < 1.29 is 24.0 Å². The number of Topliss-reactive ketones (excluding diaryl/α,β-unsaturated/α-hetero) is 1. The van der Waals surface area contributed by atoms with Gasteiger partial charge in [-0.1, -0.05) is 12.1 Å². The number of nitro benzene ring substituents is 1. The van der Waals surface area contributed by atoms with Gasteiger partial charge in [-0.2, -0.15) is 0 Å². The van der Waals surface area contributed by atoms with Crippen LogP contribution in [-0.2, 0) is 4.79 Å². The van der Waals surface area contributed by atoms with Gasteiger partial charge in [-0.05, 0) is 36.8 Å². The molecule has 0 amide bonds. The van der Waals surface area contributed by atoms with Crippen LogP contribution in [-0.4, -0.2) is 23.8 Å². The van der Waals surface area contributed by atoms with E-state index in [-0.39, 0.29) is 23.0 Å². The molecule has 0 atom stereocenters. The van der Waals surface area contributed by atoms with Crippen LogP contribution < -0.4 is 9.47 Å². The number of benzene rings is 2. The number of ketones is 1. The summed E-state index contributed by atoms with van der Waals surface area (Å²) in [6, 6.07) is 10.3. The molecule has 0 fully saturated rings. The van der Waals surface area contributed by atoms with Gasteiger partial charge in [-0.15, -0.1) is 0 Å². The van der Waals surface area contributed by atoms with E-state index in [1.165, 1.54) is 56.5 Å². The predicted octanol–water partition coefficient (Wildman–Crippen LogP) is 3.42. The molecule has 0 saturated carbocycles. The number of esters is 1. The van der Waals surface area contributed by atoms with Gasteiger partial charge in [0, 0.05) is 23.8 Å². The van der Waals surface area contributed by atoms with Crippen LogP contribution in [0, 0.1) is 10.1 Å². The zero-order chi connectivity index (χ0) is 18.4. The largest absolute Gasteiger partial charge is 0.493 e. The number of hydrogen-bond donors (Lipinski definition) is 0. The van der Waals surface area contributed by atoms with E-state index in [1.54, 1.807) is 6.07 Å². The molecule has 2 aromatic carbocycles. The third kappa shape index (κ3) is 4.74. The molecule has 0 aliphatic carbocycles. The zero-order valence-electron chi connectivity index (χ0n) is 13.6. The first-order valence-corrected chi connectivity index (χ1v) is 7.24. The molecule has 7 nitrogen and oxygen atoms in total. The lowest BCUT2D eigenvalue weighted by Crippen LogP contribution is -2.05. The normalized spacial score (nSPS) is 10.5. The number of nitro groups is 1. The molecule has 0 unspecified atom stereocenters. The summed E-state index contributed by atoms with van der Waals surface area (Å²) in [6.45, 7) is 1.42. The summed E-state index contributed by atoms with van der Waals surface area (Å²) in [5, 5.41) is 10.7. The molecule has 0 radical (unpaired) electrons. The second-order valence-electron chi connectivity index (χ2n) is 5.03. The van der Waals surface area contributed by atoms with Crippen molar-refractivity contribution in [2.75, 3.05) is 7.11 Å². The summed E-state index contributed by atoms with van der Waals surface area (Å²) in [4.78, 5) is 33.5. The number of rotatable bonds is 6. The molecular formula is C18H15NO6. The van der Waals surface area contributed by atoms with Gasteiger partial charge in [0.1, 0.15) is 0 Å². The minimum absolute atomic E-state index is 0.0722. The SMILES string of the molecule is COc1cc(C(C)=O)ccc1OC(=O)/C=C/c1cccc([N+](=O)[O-])c1. The van der Waals surface area contributed by atoms with Crippen LogP contribution in [0.25, 0.3) is 6.08 Å². The molecule has 0 bridgehead atoms. The van der Waals surface area contributed by atoms with Crippen molar-refractivity contribution >= 4 is 23.5 Å². The molecule has 7 heteroatoms. The van der Waals surface area contributed by atoms with E-state index in [2.05, 4.69) is 0 Å². The molecule has 2 rings (SSSR count). The standard InChI is InChI=1S/C18H15NO6/c1-12(20)14-7-8-16(17(11-14)24-2)25-18(21)9-6-13-4-3-5-15(10-13)19(22)23/h3-11H,1-2H3/b9-6+. The molecule has 0 N–H and O–H groups in total.